The summed E-state index contributed by atoms with van der Waals surface area (Å²) in [5, 5.41) is 4.25. The van der Waals surface area contributed by atoms with Crippen molar-refractivity contribution in [2.75, 3.05) is 6.54 Å². The van der Waals surface area contributed by atoms with Gasteiger partial charge in [-0.05, 0) is 68.3 Å². The Morgan fingerprint density at radius 1 is 1.41 bits per heavy atom. The standard InChI is InChI=1S/C14H17ClFN/c15-12-4-5-13(16)10(8-12)9-14(11-2-3-11)6-1-7-17-14/h4-5,8,11,17H,1-3,6-7,9H2. The van der Waals surface area contributed by atoms with E-state index in [2.05, 4.69) is 5.32 Å². The molecule has 3 heteroatoms. The number of hydrogen-bond donors (Lipinski definition) is 1. The Balaban J connectivity index is 1.87. The molecule has 92 valence electrons. The predicted octanol–water partition coefficient (Wildman–Crippen LogP) is 3.55. The van der Waals surface area contributed by atoms with Gasteiger partial charge in [-0.3, -0.25) is 0 Å². The third kappa shape index (κ3) is 2.21. The van der Waals surface area contributed by atoms with E-state index in [1.54, 1.807) is 12.1 Å². The molecular formula is C14H17ClFN. The molecule has 1 saturated heterocycles. The molecular weight excluding hydrogens is 237 g/mol. The summed E-state index contributed by atoms with van der Waals surface area (Å²) in [6.45, 7) is 1.07. The third-order valence-corrected chi connectivity index (χ3v) is 4.38. The molecule has 2 aliphatic rings. The Labute approximate surface area is 106 Å². The second kappa shape index (κ2) is 4.25. The smallest absolute Gasteiger partial charge is 0.126 e. The highest BCUT2D eigenvalue weighted by Gasteiger charge is 2.46. The molecule has 3 rings (SSSR count). The third-order valence-electron chi connectivity index (χ3n) is 4.15. The molecule has 2 fully saturated rings. The summed E-state index contributed by atoms with van der Waals surface area (Å²) < 4.78 is 13.8. The summed E-state index contributed by atoms with van der Waals surface area (Å²) >= 11 is 5.96. The Morgan fingerprint density at radius 2 is 2.24 bits per heavy atom. The van der Waals surface area contributed by atoms with Crippen molar-refractivity contribution in [1.29, 1.82) is 0 Å². The Morgan fingerprint density at radius 3 is 2.88 bits per heavy atom. The highest BCUT2D eigenvalue weighted by Crippen LogP contribution is 2.46. The molecule has 0 aromatic heterocycles. The van der Waals surface area contributed by atoms with Crippen LogP contribution in [-0.2, 0) is 6.42 Å². The van der Waals surface area contributed by atoms with E-state index in [9.17, 15) is 4.39 Å². The molecule has 1 aromatic rings. The first-order valence-electron chi connectivity index (χ1n) is 6.39. The molecule has 1 aliphatic carbocycles. The maximum absolute atomic E-state index is 13.8. The van der Waals surface area contributed by atoms with Gasteiger partial charge in [-0.25, -0.2) is 4.39 Å². The first-order chi connectivity index (χ1) is 8.20. The van der Waals surface area contributed by atoms with Gasteiger partial charge < -0.3 is 5.32 Å². The van der Waals surface area contributed by atoms with Gasteiger partial charge in [0, 0.05) is 10.6 Å². The molecule has 1 unspecified atom stereocenters. The van der Waals surface area contributed by atoms with Crippen LogP contribution in [0.1, 0.15) is 31.2 Å². The molecule has 1 saturated carbocycles. The summed E-state index contributed by atoms with van der Waals surface area (Å²) in [5.74, 6) is 0.617. The van der Waals surface area contributed by atoms with E-state index < -0.39 is 0 Å². The molecule has 1 aromatic carbocycles. The summed E-state index contributed by atoms with van der Waals surface area (Å²) in [5.41, 5.74) is 0.907. The van der Waals surface area contributed by atoms with Crippen LogP contribution in [0.3, 0.4) is 0 Å². The van der Waals surface area contributed by atoms with Gasteiger partial charge in [-0.2, -0.15) is 0 Å². The maximum Gasteiger partial charge on any atom is 0.126 e. The maximum atomic E-state index is 13.8. The van der Waals surface area contributed by atoms with E-state index >= 15 is 0 Å². The minimum Gasteiger partial charge on any atom is -0.311 e. The monoisotopic (exact) mass is 253 g/mol. The van der Waals surface area contributed by atoms with Crippen LogP contribution >= 0.6 is 11.6 Å². The number of hydrogen-bond acceptors (Lipinski definition) is 1. The van der Waals surface area contributed by atoms with Crippen LogP contribution in [0.4, 0.5) is 4.39 Å². The van der Waals surface area contributed by atoms with Gasteiger partial charge in [-0.15, -0.1) is 0 Å². The van der Waals surface area contributed by atoms with Crippen LogP contribution in [0.5, 0.6) is 0 Å². The highest BCUT2D eigenvalue weighted by atomic mass is 35.5. The van der Waals surface area contributed by atoms with Crippen LogP contribution in [0, 0.1) is 11.7 Å². The van der Waals surface area contributed by atoms with Crippen molar-refractivity contribution in [2.45, 2.75) is 37.6 Å². The van der Waals surface area contributed by atoms with Crippen LogP contribution < -0.4 is 5.32 Å². The van der Waals surface area contributed by atoms with Crippen LogP contribution in [0.15, 0.2) is 18.2 Å². The van der Waals surface area contributed by atoms with Crippen molar-refractivity contribution >= 4 is 11.6 Å². The predicted molar refractivity (Wildman–Crippen MR) is 67.8 cm³/mol. The zero-order valence-electron chi connectivity index (χ0n) is 9.81. The number of benzene rings is 1. The molecule has 0 radical (unpaired) electrons. The van der Waals surface area contributed by atoms with Crippen molar-refractivity contribution in [2.24, 2.45) is 5.92 Å². The van der Waals surface area contributed by atoms with Gasteiger partial charge in [0.1, 0.15) is 5.82 Å². The van der Waals surface area contributed by atoms with Crippen molar-refractivity contribution in [3.05, 3.63) is 34.6 Å². The zero-order valence-corrected chi connectivity index (χ0v) is 10.6. The lowest BCUT2D eigenvalue weighted by Crippen LogP contribution is -2.44. The van der Waals surface area contributed by atoms with Crippen molar-refractivity contribution in [3.8, 4) is 0 Å². The molecule has 1 N–H and O–H groups in total. The van der Waals surface area contributed by atoms with Crippen molar-refractivity contribution < 1.29 is 4.39 Å². The second-order valence-corrected chi connectivity index (χ2v) is 5.81. The van der Waals surface area contributed by atoms with Gasteiger partial charge in [-0.1, -0.05) is 11.6 Å². The largest absolute Gasteiger partial charge is 0.311 e. The first kappa shape index (κ1) is 11.5. The Kier molecular flexibility index (Phi) is 2.87. The molecule has 0 bridgehead atoms. The molecule has 1 atom stereocenters. The lowest BCUT2D eigenvalue weighted by Gasteiger charge is -2.30. The molecule has 1 nitrogen and oxygen atoms in total. The Hall–Kier alpha value is -0.600. The summed E-state index contributed by atoms with van der Waals surface area (Å²) in [7, 11) is 0. The summed E-state index contributed by atoms with van der Waals surface area (Å²) in [6.07, 6.45) is 5.73. The van der Waals surface area contributed by atoms with Gasteiger partial charge in [0.2, 0.25) is 0 Å². The van der Waals surface area contributed by atoms with E-state index in [4.69, 9.17) is 11.6 Å². The van der Waals surface area contributed by atoms with Crippen molar-refractivity contribution in [1.82, 2.24) is 5.32 Å². The first-order valence-corrected chi connectivity index (χ1v) is 6.76. The zero-order chi connectivity index (χ0) is 11.9. The van der Waals surface area contributed by atoms with E-state index in [1.165, 1.54) is 31.7 Å². The fraction of sp³-hybridized carbons (Fsp3) is 0.571. The summed E-state index contributed by atoms with van der Waals surface area (Å²) in [6, 6.07) is 4.88. The van der Waals surface area contributed by atoms with Crippen LogP contribution in [-0.4, -0.2) is 12.1 Å². The van der Waals surface area contributed by atoms with E-state index in [1.807, 2.05) is 0 Å². The average Bonchev–Trinajstić information content (AvgIpc) is 3.07. The Bertz CT molecular complexity index is 422. The normalized spacial score (nSPS) is 28.6. The summed E-state index contributed by atoms with van der Waals surface area (Å²) in [4.78, 5) is 0. The van der Waals surface area contributed by atoms with Crippen molar-refractivity contribution in [3.63, 3.8) is 0 Å². The lowest BCUT2D eigenvalue weighted by atomic mass is 9.84. The van der Waals surface area contributed by atoms with Gasteiger partial charge in [0.25, 0.3) is 0 Å². The minimum absolute atomic E-state index is 0.122. The van der Waals surface area contributed by atoms with E-state index in [0.717, 1.165) is 24.4 Å². The number of halogens is 2. The number of nitrogens with one attached hydrogen (secondary N) is 1. The minimum atomic E-state index is -0.122. The average molecular weight is 254 g/mol. The van der Waals surface area contributed by atoms with E-state index in [-0.39, 0.29) is 11.4 Å². The second-order valence-electron chi connectivity index (χ2n) is 5.37. The molecule has 1 aliphatic heterocycles. The lowest BCUT2D eigenvalue weighted by molar-refractivity contribution is 0.319. The molecule has 0 spiro atoms. The molecule has 1 heterocycles. The van der Waals surface area contributed by atoms with Gasteiger partial charge in [0.05, 0.1) is 0 Å². The SMILES string of the molecule is Fc1ccc(Cl)cc1CC1(C2CC2)CCCN1. The molecule has 17 heavy (non-hydrogen) atoms. The topological polar surface area (TPSA) is 12.0 Å². The van der Waals surface area contributed by atoms with Crippen LogP contribution in [0.2, 0.25) is 5.02 Å². The molecule has 0 amide bonds. The van der Waals surface area contributed by atoms with Crippen LogP contribution in [0.25, 0.3) is 0 Å². The quantitative estimate of drug-likeness (QED) is 0.869. The fourth-order valence-corrected chi connectivity index (χ4v) is 3.32. The van der Waals surface area contributed by atoms with E-state index in [0.29, 0.717) is 5.02 Å². The number of rotatable bonds is 3. The van der Waals surface area contributed by atoms with Gasteiger partial charge in [0.15, 0.2) is 0 Å². The van der Waals surface area contributed by atoms with Gasteiger partial charge >= 0.3 is 0 Å². The highest BCUT2D eigenvalue weighted by molar-refractivity contribution is 6.30. The fourth-order valence-electron chi connectivity index (χ4n) is 3.13.